The Hall–Kier alpha value is -2.63. The summed E-state index contributed by atoms with van der Waals surface area (Å²) < 4.78 is 5.32. The first-order valence-electron chi connectivity index (χ1n) is 10.5. The summed E-state index contributed by atoms with van der Waals surface area (Å²) in [6, 6.07) is 10.3. The molecule has 2 unspecified atom stereocenters. The second-order valence-corrected chi connectivity index (χ2v) is 8.08. The van der Waals surface area contributed by atoms with E-state index in [1.165, 1.54) is 18.2 Å². The smallest absolute Gasteiger partial charge is 0.346 e. The van der Waals surface area contributed by atoms with Crippen LogP contribution in [0.4, 0.5) is 5.82 Å². The lowest BCUT2D eigenvalue weighted by atomic mass is 9.87. The highest BCUT2D eigenvalue weighted by molar-refractivity contribution is 5.94. The lowest BCUT2D eigenvalue weighted by molar-refractivity contribution is 0.0459. The summed E-state index contributed by atoms with van der Waals surface area (Å²) in [7, 11) is 0. The minimum absolute atomic E-state index is 0.230. The van der Waals surface area contributed by atoms with Crippen molar-refractivity contribution < 1.29 is 9.53 Å². The van der Waals surface area contributed by atoms with E-state index in [2.05, 4.69) is 41.3 Å². The Balaban J connectivity index is 2.18. The Kier molecular flexibility index (Phi) is 8.90. The van der Waals surface area contributed by atoms with E-state index in [4.69, 9.17) is 4.74 Å². The van der Waals surface area contributed by atoms with Gasteiger partial charge in [-0.3, -0.25) is 0 Å². The molecule has 0 amide bonds. The normalized spacial score (nSPS) is 13.1. The van der Waals surface area contributed by atoms with Gasteiger partial charge in [0, 0.05) is 18.7 Å². The first-order valence-corrected chi connectivity index (χ1v) is 10.5. The van der Waals surface area contributed by atoms with E-state index in [0.717, 1.165) is 12.8 Å². The largest absolute Gasteiger partial charge is 0.462 e. The van der Waals surface area contributed by atoms with Crippen molar-refractivity contribution >= 4 is 11.8 Å². The van der Waals surface area contributed by atoms with E-state index in [0.29, 0.717) is 19.1 Å². The number of rotatable bonds is 11. The standard InChI is InChI=1S/C23H33N3O3/c1-5-9-17(4)12-19(18-10-7-6-8-11-18)13-24-21-20(14-25-23(28)26-21)22(27)29-15-16(2)3/h6-8,10-11,14,16-17,19H,5,9,12-13,15H2,1-4H3,(H2,24,25,26,28). The van der Waals surface area contributed by atoms with Crippen LogP contribution in [0.3, 0.4) is 0 Å². The molecule has 158 valence electrons. The second kappa shape index (κ2) is 11.4. The average Bonchev–Trinajstić information content (AvgIpc) is 2.70. The van der Waals surface area contributed by atoms with Crippen LogP contribution < -0.4 is 11.0 Å². The van der Waals surface area contributed by atoms with Crippen LogP contribution in [0, 0.1) is 11.8 Å². The SMILES string of the molecule is CCCC(C)CC(CNc1nc(=O)[nH]cc1C(=O)OCC(C)C)c1ccccc1. The highest BCUT2D eigenvalue weighted by atomic mass is 16.5. The molecule has 2 aromatic rings. The van der Waals surface area contributed by atoms with Crippen molar-refractivity contribution in [3.05, 3.63) is 58.1 Å². The predicted octanol–water partition coefficient (Wildman–Crippen LogP) is 4.60. The molecule has 6 nitrogen and oxygen atoms in total. The highest BCUT2D eigenvalue weighted by Gasteiger charge is 2.19. The summed E-state index contributed by atoms with van der Waals surface area (Å²) in [6.07, 6.45) is 4.70. The molecule has 1 aromatic carbocycles. The van der Waals surface area contributed by atoms with Gasteiger partial charge in [0.15, 0.2) is 0 Å². The van der Waals surface area contributed by atoms with Gasteiger partial charge in [-0.1, -0.05) is 70.9 Å². The van der Waals surface area contributed by atoms with Gasteiger partial charge < -0.3 is 15.0 Å². The molecule has 0 radical (unpaired) electrons. The number of carbonyl (C=O) groups excluding carboxylic acids is 1. The Bertz CT molecular complexity index is 818. The quantitative estimate of drug-likeness (QED) is 0.539. The number of esters is 1. The Morgan fingerprint density at radius 1 is 1.21 bits per heavy atom. The fourth-order valence-electron chi connectivity index (χ4n) is 3.39. The zero-order valence-corrected chi connectivity index (χ0v) is 17.9. The van der Waals surface area contributed by atoms with Crippen molar-refractivity contribution in [3.8, 4) is 0 Å². The summed E-state index contributed by atoms with van der Waals surface area (Å²) >= 11 is 0. The molecular formula is C23H33N3O3. The van der Waals surface area contributed by atoms with Crippen molar-refractivity contribution in [2.45, 2.75) is 52.9 Å². The Labute approximate surface area is 173 Å². The number of hydrogen-bond donors (Lipinski definition) is 2. The first kappa shape index (κ1) is 22.7. The number of ether oxygens (including phenoxy) is 1. The molecule has 29 heavy (non-hydrogen) atoms. The lowest BCUT2D eigenvalue weighted by Gasteiger charge is -2.22. The van der Waals surface area contributed by atoms with Crippen LogP contribution in [0.15, 0.2) is 41.3 Å². The number of H-pyrrole nitrogens is 1. The molecule has 0 aliphatic heterocycles. The van der Waals surface area contributed by atoms with E-state index in [9.17, 15) is 9.59 Å². The molecule has 2 N–H and O–H groups in total. The van der Waals surface area contributed by atoms with Crippen molar-refractivity contribution in [3.63, 3.8) is 0 Å². The highest BCUT2D eigenvalue weighted by Crippen LogP contribution is 2.27. The fraction of sp³-hybridized carbons (Fsp3) is 0.522. The molecule has 0 aliphatic carbocycles. The van der Waals surface area contributed by atoms with Crippen LogP contribution in [0.1, 0.15) is 68.8 Å². The van der Waals surface area contributed by atoms with Gasteiger partial charge in [-0.25, -0.2) is 9.59 Å². The average molecular weight is 400 g/mol. The molecule has 0 aliphatic rings. The Morgan fingerprint density at radius 3 is 2.59 bits per heavy atom. The monoisotopic (exact) mass is 399 g/mol. The molecule has 0 spiro atoms. The van der Waals surface area contributed by atoms with Crippen molar-refractivity contribution in [1.82, 2.24) is 9.97 Å². The minimum atomic E-state index is -0.497. The maximum Gasteiger partial charge on any atom is 0.346 e. The zero-order chi connectivity index (χ0) is 21.2. The van der Waals surface area contributed by atoms with E-state index in [1.807, 2.05) is 32.0 Å². The molecular weight excluding hydrogens is 366 g/mol. The van der Waals surface area contributed by atoms with Gasteiger partial charge >= 0.3 is 11.7 Å². The van der Waals surface area contributed by atoms with Crippen LogP contribution in [0.2, 0.25) is 0 Å². The zero-order valence-electron chi connectivity index (χ0n) is 17.9. The van der Waals surface area contributed by atoms with E-state index >= 15 is 0 Å². The van der Waals surface area contributed by atoms with Crippen molar-refractivity contribution in [2.75, 3.05) is 18.5 Å². The lowest BCUT2D eigenvalue weighted by Crippen LogP contribution is -2.23. The van der Waals surface area contributed by atoms with Gasteiger partial charge in [0.25, 0.3) is 0 Å². The molecule has 0 saturated heterocycles. The van der Waals surface area contributed by atoms with Gasteiger partial charge in [0.2, 0.25) is 0 Å². The molecule has 1 heterocycles. The number of nitrogens with one attached hydrogen (secondary N) is 2. The van der Waals surface area contributed by atoms with E-state index in [1.54, 1.807) is 0 Å². The third-order valence-electron chi connectivity index (χ3n) is 4.83. The van der Waals surface area contributed by atoms with Crippen molar-refractivity contribution in [2.24, 2.45) is 11.8 Å². The fourth-order valence-corrected chi connectivity index (χ4v) is 3.39. The number of aromatic nitrogens is 2. The summed E-state index contributed by atoms with van der Waals surface area (Å²) in [4.78, 5) is 30.6. The number of nitrogens with zero attached hydrogens (tertiary/aromatic N) is 1. The number of anilines is 1. The number of benzene rings is 1. The van der Waals surface area contributed by atoms with Gasteiger partial charge in [-0.15, -0.1) is 0 Å². The summed E-state index contributed by atoms with van der Waals surface area (Å²) in [5, 5.41) is 3.24. The van der Waals surface area contributed by atoms with Gasteiger partial charge in [-0.2, -0.15) is 4.98 Å². The molecule has 6 heteroatoms. The Morgan fingerprint density at radius 2 is 1.93 bits per heavy atom. The van der Waals surface area contributed by atoms with Crippen molar-refractivity contribution in [1.29, 1.82) is 0 Å². The van der Waals surface area contributed by atoms with Gasteiger partial charge in [0.05, 0.1) is 6.61 Å². The molecule has 1 aromatic heterocycles. The van der Waals surface area contributed by atoms with Crippen LogP contribution in [0.5, 0.6) is 0 Å². The van der Waals surface area contributed by atoms with E-state index < -0.39 is 11.7 Å². The van der Waals surface area contributed by atoms with Crippen LogP contribution >= 0.6 is 0 Å². The number of carbonyl (C=O) groups is 1. The van der Waals surface area contributed by atoms with Crippen LogP contribution in [-0.4, -0.2) is 29.1 Å². The summed E-state index contributed by atoms with van der Waals surface area (Å²) in [6.45, 7) is 9.30. The third kappa shape index (κ3) is 7.37. The minimum Gasteiger partial charge on any atom is -0.462 e. The number of aromatic amines is 1. The molecule has 2 atom stereocenters. The topological polar surface area (TPSA) is 84.1 Å². The third-order valence-corrected chi connectivity index (χ3v) is 4.83. The molecule has 0 bridgehead atoms. The van der Waals surface area contributed by atoms with Gasteiger partial charge in [0.1, 0.15) is 11.4 Å². The van der Waals surface area contributed by atoms with E-state index in [-0.39, 0.29) is 23.2 Å². The molecule has 0 fully saturated rings. The maximum atomic E-state index is 12.4. The first-order chi connectivity index (χ1) is 13.9. The molecule has 2 rings (SSSR count). The summed E-state index contributed by atoms with van der Waals surface area (Å²) in [5.41, 5.74) is 0.985. The summed E-state index contributed by atoms with van der Waals surface area (Å²) in [5.74, 6) is 0.841. The molecule has 0 saturated carbocycles. The second-order valence-electron chi connectivity index (χ2n) is 8.08. The van der Waals surface area contributed by atoms with Crippen LogP contribution in [0.25, 0.3) is 0 Å². The number of hydrogen-bond acceptors (Lipinski definition) is 5. The van der Waals surface area contributed by atoms with Gasteiger partial charge in [-0.05, 0) is 23.8 Å². The van der Waals surface area contributed by atoms with Crippen LogP contribution in [-0.2, 0) is 4.74 Å². The predicted molar refractivity (Wildman–Crippen MR) is 116 cm³/mol. The maximum absolute atomic E-state index is 12.4.